The zero-order valence-electron chi connectivity index (χ0n) is 15.4. The molecule has 0 saturated heterocycles. The van der Waals surface area contributed by atoms with Crippen LogP contribution in [0.15, 0.2) is 24.3 Å². The fourth-order valence-corrected chi connectivity index (χ4v) is 3.20. The lowest BCUT2D eigenvalue weighted by atomic mass is 9.63. The molecule has 0 aliphatic heterocycles. The van der Waals surface area contributed by atoms with Crippen LogP contribution < -0.4 is 0 Å². The monoisotopic (exact) mass is 474 g/mol. The molecule has 1 unspecified atom stereocenters. The standard InChI is InChI=1S/C17H13F11O3/c1-3-31-10(29)8-5-4-6-9(7-8)11(2,30)12(18)13(19,20)15(23,24)17(27,28)16(25,26)14(12,21)22/h4-7,30H,3H2,1-2H3. The minimum Gasteiger partial charge on any atom is -0.462 e. The lowest BCUT2D eigenvalue weighted by molar-refractivity contribution is -0.502. The number of halogens is 11. The number of carbonyl (C=O) groups excluding carboxylic acids is 1. The molecule has 1 atom stereocenters. The Morgan fingerprint density at radius 2 is 1.29 bits per heavy atom. The van der Waals surface area contributed by atoms with Crippen LogP contribution in [0.4, 0.5) is 48.3 Å². The van der Waals surface area contributed by atoms with Gasteiger partial charge in [0.05, 0.1) is 12.2 Å². The van der Waals surface area contributed by atoms with Gasteiger partial charge < -0.3 is 9.84 Å². The van der Waals surface area contributed by atoms with Gasteiger partial charge in [-0.1, -0.05) is 12.1 Å². The number of ether oxygens (including phenoxy) is 1. The highest BCUT2D eigenvalue weighted by molar-refractivity contribution is 5.89. The van der Waals surface area contributed by atoms with E-state index in [-0.39, 0.29) is 19.6 Å². The summed E-state index contributed by atoms with van der Waals surface area (Å²) in [5, 5.41) is 10.2. The molecule has 1 aromatic carbocycles. The molecule has 1 aliphatic rings. The molecule has 1 aliphatic carbocycles. The fraction of sp³-hybridized carbons (Fsp3) is 0.588. The van der Waals surface area contributed by atoms with Crippen LogP contribution in [0.3, 0.4) is 0 Å². The molecular weight excluding hydrogens is 461 g/mol. The van der Waals surface area contributed by atoms with Crippen molar-refractivity contribution in [2.45, 2.75) is 54.7 Å². The first-order chi connectivity index (χ1) is 13.7. The summed E-state index contributed by atoms with van der Waals surface area (Å²) in [6, 6.07) is 2.11. The van der Waals surface area contributed by atoms with Crippen LogP contribution >= 0.6 is 0 Å². The van der Waals surface area contributed by atoms with Gasteiger partial charge in [-0.25, -0.2) is 9.18 Å². The molecule has 31 heavy (non-hydrogen) atoms. The molecule has 0 amide bonds. The molecule has 0 aromatic heterocycles. The maximum Gasteiger partial charge on any atom is 0.384 e. The molecule has 176 valence electrons. The maximum atomic E-state index is 15.2. The Labute approximate surface area is 166 Å². The maximum absolute atomic E-state index is 15.2. The van der Waals surface area contributed by atoms with Crippen molar-refractivity contribution in [1.29, 1.82) is 0 Å². The number of carbonyl (C=O) groups is 1. The molecule has 14 heteroatoms. The summed E-state index contributed by atoms with van der Waals surface area (Å²) in [5.41, 5.74) is -13.5. The zero-order chi connectivity index (χ0) is 24.5. The first-order valence-corrected chi connectivity index (χ1v) is 8.28. The van der Waals surface area contributed by atoms with Crippen LogP contribution in [-0.4, -0.2) is 53.0 Å². The van der Waals surface area contributed by atoms with Gasteiger partial charge in [-0.15, -0.1) is 0 Å². The van der Waals surface area contributed by atoms with Gasteiger partial charge in [0.2, 0.25) is 0 Å². The number of rotatable bonds is 4. The Hall–Kier alpha value is -2.12. The minimum absolute atomic E-state index is 0.231. The van der Waals surface area contributed by atoms with Crippen molar-refractivity contribution >= 4 is 5.97 Å². The third kappa shape index (κ3) is 2.65. The van der Waals surface area contributed by atoms with Gasteiger partial charge in [0.1, 0.15) is 5.60 Å². The van der Waals surface area contributed by atoms with E-state index < -0.39 is 58.0 Å². The summed E-state index contributed by atoms with van der Waals surface area (Å²) in [7, 11) is 0. The Morgan fingerprint density at radius 1 is 0.871 bits per heavy atom. The Morgan fingerprint density at radius 3 is 1.71 bits per heavy atom. The Balaban J connectivity index is 2.85. The first-order valence-electron chi connectivity index (χ1n) is 8.28. The minimum atomic E-state index is -7.40. The van der Waals surface area contributed by atoms with Crippen LogP contribution in [-0.2, 0) is 10.3 Å². The molecule has 0 radical (unpaired) electrons. The highest BCUT2D eigenvalue weighted by Gasteiger charge is 3.03. The lowest BCUT2D eigenvalue weighted by Gasteiger charge is -2.56. The van der Waals surface area contributed by atoms with E-state index in [2.05, 4.69) is 4.74 Å². The quantitative estimate of drug-likeness (QED) is 0.496. The van der Waals surface area contributed by atoms with Crippen molar-refractivity contribution in [3.63, 3.8) is 0 Å². The molecule has 0 spiro atoms. The van der Waals surface area contributed by atoms with E-state index in [4.69, 9.17) is 0 Å². The third-order valence-electron chi connectivity index (χ3n) is 5.05. The smallest absolute Gasteiger partial charge is 0.384 e. The summed E-state index contributed by atoms with van der Waals surface area (Å²) >= 11 is 0. The van der Waals surface area contributed by atoms with Crippen LogP contribution in [0.2, 0.25) is 0 Å². The van der Waals surface area contributed by atoms with Gasteiger partial charge in [-0.3, -0.25) is 0 Å². The number of alkyl halides is 11. The van der Waals surface area contributed by atoms with Crippen LogP contribution in [0, 0.1) is 0 Å². The van der Waals surface area contributed by atoms with Gasteiger partial charge in [0.15, 0.2) is 0 Å². The highest BCUT2D eigenvalue weighted by Crippen LogP contribution is 2.72. The predicted molar refractivity (Wildman–Crippen MR) is 80.5 cm³/mol. The fourth-order valence-electron chi connectivity index (χ4n) is 3.20. The molecule has 1 N–H and O–H groups in total. The molecule has 1 fully saturated rings. The number of benzene rings is 1. The van der Waals surface area contributed by atoms with Crippen molar-refractivity contribution < 1.29 is 62.9 Å². The number of aliphatic hydroxyl groups is 1. The molecule has 0 heterocycles. The van der Waals surface area contributed by atoms with Gasteiger partial charge in [-0.2, -0.15) is 43.9 Å². The van der Waals surface area contributed by atoms with Crippen molar-refractivity contribution in [1.82, 2.24) is 0 Å². The second-order valence-electron chi connectivity index (χ2n) is 6.90. The molecule has 1 aromatic rings. The summed E-state index contributed by atoms with van der Waals surface area (Å²) < 4.78 is 158. The molecule has 3 nitrogen and oxygen atoms in total. The SMILES string of the molecule is CCOC(=O)c1cccc(C(C)(O)C2(F)C(F)(F)C(F)(F)C(F)(F)C(F)(F)C2(F)F)c1. The van der Waals surface area contributed by atoms with Gasteiger partial charge in [0.25, 0.3) is 5.67 Å². The van der Waals surface area contributed by atoms with E-state index >= 15 is 4.39 Å². The van der Waals surface area contributed by atoms with E-state index in [1.807, 2.05) is 0 Å². The highest BCUT2D eigenvalue weighted by atomic mass is 19.4. The van der Waals surface area contributed by atoms with Crippen LogP contribution in [0.25, 0.3) is 0 Å². The second-order valence-corrected chi connectivity index (χ2v) is 6.90. The average Bonchev–Trinajstić information content (AvgIpc) is 2.65. The van der Waals surface area contributed by atoms with Crippen LogP contribution in [0.1, 0.15) is 29.8 Å². The average molecular weight is 474 g/mol. The molecule has 0 bridgehead atoms. The second kappa shape index (κ2) is 6.69. The predicted octanol–water partition coefficient (Wildman–Crippen LogP) is 4.97. The Bertz CT molecular complexity index is 850. The summed E-state index contributed by atoms with van der Waals surface area (Å²) in [6.07, 6.45) is 0. The number of esters is 1. The van der Waals surface area contributed by atoms with Gasteiger partial charge >= 0.3 is 35.6 Å². The third-order valence-corrected chi connectivity index (χ3v) is 5.05. The van der Waals surface area contributed by atoms with E-state index in [0.717, 1.165) is 6.07 Å². The lowest BCUT2D eigenvalue weighted by Crippen LogP contribution is -2.87. The molecule has 2 rings (SSSR count). The van der Waals surface area contributed by atoms with Crippen molar-refractivity contribution in [2.24, 2.45) is 0 Å². The van der Waals surface area contributed by atoms with E-state index in [9.17, 15) is 53.8 Å². The van der Waals surface area contributed by atoms with E-state index in [0.29, 0.717) is 12.1 Å². The molecular formula is C17H13F11O3. The van der Waals surface area contributed by atoms with Gasteiger partial charge in [0, 0.05) is 0 Å². The summed E-state index contributed by atoms with van der Waals surface area (Å²) in [5.74, 6) is -37.8. The Kier molecular flexibility index (Phi) is 5.42. The molecule has 1 saturated carbocycles. The topological polar surface area (TPSA) is 46.5 Å². The number of hydrogen-bond acceptors (Lipinski definition) is 3. The first kappa shape index (κ1) is 25.1. The summed E-state index contributed by atoms with van der Waals surface area (Å²) in [6.45, 7) is 0.729. The van der Waals surface area contributed by atoms with E-state index in [1.54, 1.807) is 0 Å². The van der Waals surface area contributed by atoms with E-state index in [1.165, 1.54) is 6.92 Å². The van der Waals surface area contributed by atoms with Crippen LogP contribution in [0.5, 0.6) is 0 Å². The van der Waals surface area contributed by atoms with Crippen molar-refractivity contribution in [3.05, 3.63) is 35.4 Å². The number of hydrogen-bond donors (Lipinski definition) is 1. The van der Waals surface area contributed by atoms with Gasteiger partial charge in [-0.05, 0) is 31.5 Å². The van der Waals surface area contributed by atoms with Crippen molar-refractivity contribution in [2.75, 3.05) is 6.61 Å². The normalized spacial score (nSPS) is 26.5. The summed E-state index contributed by atoms with van der Waals surface area (Å²) in [4.78, 5) is 11.7. The zero-order valence-corrected chi connectivity index (χ0v) is 15.4. The van der Waals surface area contributed by atoms with Crippen molar-refractivity contribution in [3.8, 4) is 0 Å². The largest absolute Gasteiger partial charge is 0.462 e.